The Bertz CT molecular complexity index is 276. The van der Waals surface area contributed by atoms with Crippen LogP contribution in [0.5, 0.6) is 0 Å². The number of aromatic nitrogens is 1. The van der Waals surface area contributed by atoms with E-state index < -0.39 is 0 Å². The summed E-state index contributed by atoms with van der Waals surface area (Å²) in [5.41, 5.74) is 0. The highest BCUT2D eigenvalue weighted by Crippen LogP contribution is 2.17. The van der Waals surface area contributed by atoms with Crippen LogP contribution >= 0.6 is 23.4 Å². The van der Waals surface area contributed by atoms with E-state index in [0.29, 0.717) is 5.02 Å². The van der Waals surface area contributed by atoms with Gasteiger partial charge in [-0.15, -0.1) is 24.1 Å². The molecule has 1 heterocycles. The number of halogens is 1. The first-order valence-electron chi connectivity index (χ1n) is 3.51. The number of hydrogen-bond donors (Lipinski definition) is 0. The summed E-state index contributed by atoms with van der Waals surface area (Å²) in [6, 6.07) is 3.72. The zero-order valence-corrected chi connectivity index (χ0v) is 8.03. The minimum atomic E-state index is 0.663. The molecule has 0 unspecified atom stereocenters. The van der Waals surface area contributed by atoms with Crippen LogP contribution in [-0.4, -0.2) is 10.7 Å². The maximum Gasteiger partial charge on any atom is 0.0961 e. The first kappa shape index (κ1) is 9.44. The predicted octanol–water partition coefficient (Wildman–Crippen LogP) is 2.85. The average molecular weight is 198 g/mol. The van der Waals surface area contributed by atoms with Gasteiger partial charge < -0.3 is 0 Å². The topological polar surface area (TPSA) is 12.9 Å². The molecule has 1 aromatic heterocycles. The SMILES string of the molecule is C#CCCSc1ccc(Cl)cn1. The second-order valence-electron chi connectivity index (χ2n) is 2.12. The van der Waals surface area contributed by atoms with E-state index in [9.17, 15) is 0 Å². The quantitative estimate of drug-likeness (QED) is 0.420. The minimum Gasteiger partial charge on any atom is -0.248 e. The summed E-state index contributed by atoms with van der Waals surface area (Å²) in [5.74, 6) is 3.48. The molecule has 0 saturated carbocycles. The molecule has 0 aliphatic heterocycles. The first-order chi connectivity index (χ1) is 5.83. The van der Waals surface area contributed by atoms with Crippen molar-refractivity contribution in [3.63, 3.8) is 0 Å². The van der Waals surface area contributed by atoms with E-state index in [-0.39, 0.29) is 0 Å². The van der Waals surface area contributed by atoms with Gasteiger partial charge in [0.05, 0.1) is 10.0 Å². The molecule has 62 valence electrons. The van der Waals surface area contributed by atoms with Gasteiger partial charge in [-0.1, -0.05) is 11.6 Å². The molecule has 0 saturated heterocycles. The van der Waals surface area contributed by atoms with Crippen molar-refractivity contribution in [2.75, 3.05) is 5.75 Å². The van der Waals surface area contributed by atoms with Crippen molar-refractivity contribution < 1.29 is 0 Å². The van der Waals surface area contributed by atoms with Crippen molar-refractivity contribution in [1.29, 1.82) is 0 Å². The average Bonchev–Trinajstić information content (AvgIpc) is 2.09. The highest BCUT2D eigenvalue weighted by molar-refractivity contribution is 7.99. The Hall–Kier alpha value is -0.650. The summed E-state index contributed by atoms with van der Waals surface area (Å²) < 4.78 is 0. The van der Waals surface area contributed by atoms with Gasteiger partial charge >= 0.3 is 0 Å². The Morgan fingerprint density at radius 1 is 1.58 bits per heavy atom. The third-order valence-electron chi connectivity index (χ3n) is 1.20. The molecule has 3 heteroatoms. The lowest BCUT2D eigenvalue weighted by Crippen LogP contribution is -1.80. The van der Waals surface area contributed by atoms with Gasteiger partial charge in [0.2, 0.25) is 0 Å². The van der Waals surface area contributed by atoms with Crippen LogP contribution in [0.1, 0.15) is 6.42 Å². The number of terminal acetylenes is 1. The molecule has 0 fully saturated rings. The minimum absolute atomic E-state index is 0.663. The fourth-order valence-corrected chi connectivity index (χ4v) is 1.49. The van der Waals surface area contributed by atoms with Crippen LogP contribution < -0.4 is 0 Å². The van der Waals surface area contributed by atoms with Gasteiger partial charge in [-0.05, 0) is 12.1 Å². The summed E-state index contributed by atoms with van der Waals surface area (Å²) in [7, 11) is 0. The molecule has 0 N–H and O–H groups in total. The van der Waals surface area contributed by atoms with Crippen LogP contribution in [0.4, 0.5) is 0 Å². The van der Waals surface area contributed by atoms with Crippen LogP contribution in [0.2, 0.25) is 5.02 Å². The lowest BCUT2D eigenvalue weighted by atomic mass is 10.5. The number of pyridine rings is 1. The first-order valence-corrected chi connectivity index (χ1v) is 4.87. The fraction of sp³-hybridized carbons (Fsp3) is 0.222. The van der Waals surface area contributed by atoms with Crippen molar-refractivity contribution in [3.8, 4) is 12.3 Å². The summed E-state index contributed by atoms with van der Waals surface area (Å²) in [4.78, 5) is 4.11. The largest absolute Gasteiger partial charge is 0.248 e. The number of nitrogens with zero attached hydrogens (tertiary/aromatic N) is 1. The van der Waals surface area contributed by atoms with E-state index in [4.69, 9.17) is 18.0 Å². The Morgan fingerprint density at radius 2 is 2.42 bits per heavy atom. The summed E-state index contributed by atoms with van der Waals surface area (Å²) in [5, 5.41) is 1.63. The lowest BCUT2D eigenvalue weighted by molar-refractivity contribution is 1.13. The van der Waals surface area contributed by atoms with Gasteiger partial charge in [0, 0.05) is 18.4 Å². The third kappa shape index (κ3) is 3.17. The highest BCUT2D eigenvalue weighted by atomic mass is 35.5. The van der Waals surface area contributed by atoms with Crippen LogP contribution in [-0.2, 0) is 0 Å². The molecular formula is C9H8ClNS. The van der Waals surface area contributed by atoms with E-state index in [2.05, 4.69) is 10.9 Å². The second-order valence-corrected chi connectivity index (χ2v) is 3.67. The summed E-state index contributed by atoms with van der Waals surface area (Å²) in [6.45, 7) is 0. The molecule has 1 nitrogen and oxygen atoms in total. The zero-order chi connectivity index (χ0) is 8.81. The zero-order valence-electron chi connectivity index (χ0n) is 6.46. The van der Waals surface area contributed by atoms with E-state index in [0.717, 1.165) is 17.2 Å². The van der Waals surface area contributed by atoms with Crippen molar-refractivity contribution >= 4 is 23.4 Å². The molecule has 0 bridgehead atoms. The van der Waals surface area contributed by atoms with Crippen LogP contribution in [0.15, 0.2) is 23.4 Å². The van der Waals surface area contributed by atoms with Gasteiger partial charge in [-0.2, -0.15) is 0 Å². The fourth-order valence-electron chi connectivity index (χ4n) is 0.662. The van der Waals surface area contributed by atoms with Crippen LogP contribution in [0.25, 0.3) is 0 Å². The molecular weight excluding hydrogens is 190 g/mol. The third-order valence-corrected chi connectivity index (χ3v) is 2.37. The van der Waals surface area contributed by atoms with Crippen molar-refractivity contribution in [2.24, 2.45) is 0 Å². The molecule has 0 spiro atoms. The number of thioether (sulfide) groups is 1. The standard InChI is InChI=1S/C9H8ClNS/c1-2-3-6-12-9-5-4-8(10)7-11-9/h1,4-5,7H,3,6H2. The maximum absolute atomic E-state index is 5.67. The lowest BCUT2D eigenvalue weighted by Gasteiger charge is -1.96. The summed E-state index contributed by atoms with van der Waals surface area (Å²) in [6.07, 6.45) is 7.52. The molecule has 0 aliphatic rings. The van der Waals surface area contributed by atoms with E-state index in [1.54, 1.807) is 18.0 Å². The van der Waals surface area contributed by atoms with E-state index in [1.165, 1.54) is 0 Å². The Kier molecular flexibility index (Phi) is 3.99. The smallest absolute Gasteiger partial charge is 0.0961 e. The van der Waals surface area contributed by atoms with Gasteiger partial charge in [0.15, 0.2) is 0 Å². The monoisotopic (exact) mass is 197 g/mol. The molecule has 0 atom stereocenters. The molecule has 0 aromatic carbocycles. The Labute approximate surface area is 81.5 Å². The molecule has 1 rings (SSSR count). The Balaban J connectivity index is 2.43. The second kappa shape index (κ2) is 5.08. The Morgan fingerprint density at radius 3 is 3.00 bits per heavy atom. The van der Waals surface area contributed by atoms with Crippen molar-refractivity contribution in [2.45, 2.75) is 11.4 Å². The highest BCUT2D eigenvalue weighted by Gasteiger charge is 1.93. The molecule has 1 aromatic rings. The molecule has 0 amide bonds. The van der Waals surface area contributed by atoms with E-state index in [1.807, 2.05) is 12.1 Å². The van der Waals surface area contributed by atoms with Gasteiger partial charge in [0.25, 0.3) is 0 Å². The summed E-state index contributed by atoms with van der Waals surface area (Å²) >= 11 is 7.31. The number of rotatable bonds is 3. The molecule has 0 radical (unpaired) electrons. The van der Waals surface area contributed by atoms with Gasteiger partial charge in [0.1, 0.15) is 0 Å². The van der Waals surface area contributed by atoms with E-state index >= 15 is 0 Å². The van der Waals surface area contributed by atoms with Crippen molar-refractivity contribution in [3.05, 3.63) is 23.4 Å². The van der Waals surface area contributed by atoms with Crippen LogP contribution in [0.3, 0.4) is 0 Å². The maximum atomic E-state index is 5.67. The number of hydrogen-bond acceptors (Lipinski definition) is 2. The molecule has 12 heavy (non-hydrogen) atoms. The van der Waals surface area contributed by atoms with Gasteiger partial charge in [-0.25, -0.2) is 4.98 Å². The van der Waals surface area contributed by atoms with Crippen LogP contribution in [0, 0.1) is 12.3 Å². The normalized spacial score (nSPS) is 9.33. The van der Waals surface area contributed by atoms with Crippen molar-refractivity contribution in [1.82, 2.24) is 4.98 Å². The molecule has 0 aliphatic carbocycles. The predicted molar refractivity (Wildman–Crippen MR) is 53.4 cm³/mol. The van der Waals surface area contributed by atoms with Gasteiger partial charge in [-0.3, -0.25) is 0 Å².